The molecular formula is C10H19NO4. The van der Waals surface area contributed by atoms with Crippen molar-refractivity contribution in [3.05, 3.63) is 0 Å². The molecule has 2 atom stereocenters. The molecule has 0 aliphatic carbocycles. The van der Waals surface area contributed by atoms with Gasteiger partial charge in [0.05, 0.1) is 24.7 Å². The molecule has 15 heavy (non-hydrogen) atoms. The Bertz CT molecular complexity index is 236. The van der Waals surface area contributed by atoms with Gasteiger partial charge in [0, 0.05) is 12.6 Å². The van der Waals surface area contributed by atoms with Crippen LogP contribution in [0.4, 0.5) is 0 Å². The molecule has 1 rings (SSSR count). The average Bonchev–Trinajstić information content (AvgIpc) is 2.47. The van der Waals surface area contributed by atoms with E-state index < -0.39 is 17.5 Å². The number of ether oxygens (including phenoxy) is 1. The SMILES string of the molecule is CN(CC(C)(C)O)C1COCC1C(=O)O. The van der Waals surface area contributed by atoms with Crippen LogP contribution in [0.1, 0.15) is 13.8 Å². The first-order valence-corrected chi connectivity index (χ1v) is 5.04. The van der Waals surface area contributed by atoms with Gasteiger partial charge in [0.15, 0.2) is 0 Å². The van der Waals surface area contributed by atoms with Crippen LogP contribution >= 0.6 is 0 Å². The fraction of sp³-hybridized carbons (Fsp3) is 0.900. The van der Waals surface area contributed by atoms with Crippen LogP contribution in [0.3, 0.4) is 0 Å². The van der Waals surface area contributed by atoms with Crippen molar-refractivity contribution in [2.45, 2.75) is 25.5 Å². The summed E-state index contributed by atoms with van der Waals surface area (Å²) in [6.07, 6.45) is 0. The highest BCUT2D eigenvalue weighted by Crippen LogP contribution is 2.20. The van der Waals surface area contributed by atoms with Crippen molar-refractivity contribution in [1.82, 2.24) is 4.90 Å². The molecule has 0 bridgehead atoms. The molecule has 5 heteroatoms. The largest absolute Gasteiger partial charge is 0.481 e. The lowest BCUT2D eigenvalue weighted by Gasteiger charge is -2.31. The number of nitrogens with zero attached hydrogens (tertiary/aromatic N) is 1. The summed E-state index contributed by atoms with van der Waals surface area (Å²) in [6.45, 7) is 4.52. The molecule has 2 N–H and O–H groups in total. The van der Waals surface area contributed by atoms with Gasteiger partial charge in [0.1, 0.15) is 0 Å². The summed E-state index contributed by atoms with van der Waals surface area (Å²) in [5.41, 5.74) is -0.819. The highest BCUT2D eigenvalue weighted by atomic mass is 16.5. The third-order valence-electron chi connectivity index (χ3n) is 2.57. The first-order chi connectivity index (χ1) is 6.81. The summed E-state index contributed by atoms with van der Waals surface area (Å²) in [4.78, 5) is 12.8. The number of hydrogen-bond donors (Lipinski definition) is 2. The minimum Gasteiger partial charge on any atom is -0.481 e. The van der Waals surface area contributed by atoms with Gasteiger partial charge < -0.3 is 14.9 Å². The summed E-state index contributed by atoms with van der Waals surface area (Å²) >= 11 is 0. The van der Waals surface area contributed by atoms with Crippen LogP contribution in [0.2, 0.25) is 0 Å². The predicted octanol–water partition coefficient (Wildman–Crippen LogP) is -0.211. The van der Waals surface area contributed by atoms with Gasteiger partial charge in [0.2, 0.25) is 0 Å². The fourth-order valence-electron chi connectivity index (χ4n) is 1.94. The number of carbonyl (C=O) groups is 1. The number of aliphatic hydroxyl groups is 1. The van der Waals surface area contributed by atoms with Gasteiger partial charge in [-0.25, -0.2) is 0 Å². The van der Waals surface area contributed by atoms with Crippen molar-refractivity contribution in [3.8, 4) is 0 Å². The molecule has 0 spiro atoms. The number of likely N-dealkylation sites (N-methyl/N-ethyl adjacent to an activating group) is 1. The van der Waals surface area contributed by atoms with Crippen LogP contribution in [0.15, 0.2) is 0 Å². The first kappa shape index (κ1) is 12.4. The second kappa shape index (κ2) is 4.47. The Hall–Kier alpha value is -0.650. The Labute approximate surface area is 89.6 Å². The highest BCUT2D eigenvalue weighted by Gasteiger charge is 2.37. The summed E-state index contributed by atoms with van der Waals surface area (Å²) in [5.74, 6) is -1.32. The van der Waals surface area contributed by atoms with E-state index in [4.69, 9.17) is 9.84 Å². The highest BCUT2D eigenvalue weighted by molar-refractivity contribution is 5.71. The van der Waals surface area contributed by atoms with Crippen LogP contribution in [0.5, 0.6) is 0 Å². The second-order valence-corrected chi connectivity index (χ2v) is 4.78. The van der Waals surface area contributed by atoms with Crippen molar-refractivity contribution < 1.29 is 19.7 Å². The number of aliphatic carboxylic acids is 1. The molecule has 0 saturated carbocycles. The Morgan fingerprint density at radius 1 is 1.53 bits per heavy atom. The minimum atomic E-state index is -0.833. The monoisotopic (exact) mass is 217 g/mol. The fourth-order valence-corrected chi connectivity index (χ4v) is 1.94. The number of rotatable bonds is 4. The summed E-state index contributed by atoms with van der Waals surface area (Å²) in [7, 11) is 1.81. The molecule has 0 amide bonds. The van der Waals surface area contributed by atoms with E-state index in [9.17, 15) is 9.90 Å². The van der Waals surface area contributed by atoms with Gasteiger partial charge in [-0.2, -0.15) is 0 Å². The van der Waals surface area contributed by atoms with Gasteiger partial charge in [-0.15, -0.1) is 0 Å². The average molecular weight is 217 g/mol. The lowest BCUT2D eigenvalue weighted by Crippen LogP contribution is -2.46. The zero-order valence-electron chi connectivity index (χ0n) is 9.43. The lowest BCUT2D eigenvalue weighted by molar-refractivity contribution is -0.143. The van der Waals surface area contributed by atoms with Gasteiger partial charge in [-0.1, -0.05) is 0 Å². The van der Waals surface area contributed by atoms with E-state index in [1.54, 1.807) is 13.8 Å². The van der Waals surface area contributed by atoms with Gasteiger partial charge >= 0.3 is 5.97 Å². The van der Waals surface area contributed by atoms with Crippen LogP contribution in [0, 0.1) is 5.92 Å². The maximum atomic E-state index is 10.9. The van der Waals surface area contributed by atoms with Gasteiger partial charge in [-0.3, -0.25) is 9.69 Å². The van der Waals surface area contributed by atoms with Gasteiger partial charge in [0.25, 0.3) is 0 Å². The van der Waals surface area contributed by atoms with Crippen molar-refractivity contribution in [1.29, 1.82) is 0 Å². The maximum Gasteiger partial charge on any atom is 0.310 e. The van der Waals surface area contributed by atoms with Crippen molar-refractivity contribution in [2.75, 3.05) is 26.8 Å². The molecule has 0 aromatic heterocycles. The van der Waals surface area contributed by atoms with Crippen LogP contribution in [-0.2, 0) is 9.53 Å². The summed E-state index contributed by atoms with van der Waals surface area (Å²) in [5, 5.41) is 18.6. The Balaban J connectivity index is 2.58. The topological polar surface area (TPSA) is 70.0 Å². The van der Waals surface area contributed by atoms with Crippen molar-refractivity contribution in [2.24, 2.45) is 5.92 Å². The Kier molecular flexibility index (Phi) is 3.70. The van der Waals surface area contributed by atoms with E-state index >= 15 is 0 Å². The normalized spacial score (nSPS) is 27.3. The van der Waals surface area contributed by atoms with E-state index in [2.05, 4.69) is 0 Å². The molecule has 1 fully saturated rings. The number of carboxylic acid groups (broad SMARTS) is 1. The van der Waals surface area contributed by atoms with Crippen molar-refractivity contribution in [3.63, 3.8) is 0 Å². The summed E-state index contributed by atoms with van der Waals surface area (Å²) in [6, 6.07) is -0.145. The standard InChI is InChI=1S/C10H19NO4/c1-10(2,14)6-11(3)8-5-15-4-7(8)9(12)13/h7-8,14H,4-6H2,1-3H3,(H,12,13). The molecule has 1 saturated heterocycles. The molecule has 1 aliphatic rings. The molecule has 1 aliphatic heterocycles. The second-order valence-electron chi connectivity index (χ2n) is 4.78. The van der Waals surface area contributed by atoms with E-state index in [0.717, 1.165) is 0 Å². The van der Waals surface area contributed by atoms with E-state index in [0.29, 0.717) is 13.2 Å². The first-order valence-electron chi connectivity index (χ1n) is 5.04. The van der Waals surface area contributed by atoms with Crippen LogP contribution in [0.25, 0.3) is 0 Å². The molecule has 0 aromatic rings. The van der Waals surface area contributed by atoms with Crippen LogP contribution in [-0.4, -0.2) is 59.5 Å². The molecular weight excluding hydrogens is 198 g/mol. The van der Waals surface area contributed by atoms with Crippen molar-refractivity contribution >= 4 is 5.97 Å². The Morgan fingerprint density at radius 2 is 2.13 bits per heavy atom. The van der Waals surface area contributed by atoms with E-state index in [1.165, 1.54) is 0 Å². The quantitative estimate of drug-likeness (QED) is 0.682. The molecule has 1 heterocycles. The maximum absolute atomic E-state index is 10.9. The molecule has 0 radical (unpaired) electrons. The number of hydrogen-bond acceptors (Lipinski definition) is 4. The molecule has 0 aromatic carbocycles. The number of carboxylic acids is 1. The Morgan fingerprint density at radius 3 is 2.60 bits per heavy atom. The summed E-state index contributed by atoms with van der Waals surface area (Å²) < 4.78 is 5.16. The molecule has 88 valence electrons. The molecule has 5 nitrogen and oxygen atoms in total. The smallest absolute Gasteiger partial charge is 0.310 e. The predicted molar refractivity (Wildman–Crippen MR) is 54.7 cm³/mol. The zero-order chi connectivity index (χ0) is 11.6. The van der Waals surface area contributed by atoms with E-state index in [-0.39, 0.29) is 12.6 Å². The van der Waals surface area contributed by atoms with E-state index in [1.807, 2.05) is 11.9 Å². The minimum absolute atomic E-state index is 0.145. The molecule has 2 unspecified atom stereocenters. The lowest BCUT2D eigenvalue weighted by atomic mass is 10.0. The third kappa shape index (κ3) is 3.44. The van der Waals surface area contributed by atoms with Crippen LogP contribution < -0.4 is 0 Å². The third-order valence-corrected chi connectivity index (χ3v) is 2.57. The zero-order valence-corrected chi connectivity index (χ0v) is 9.43. The van der Waals surface area contributed by atoms with Gasteiger partial charge in [-0.05, 0) is 20.9 Å².